The number of rotatable bonds is 2. The monoisotopic (exact) mass is 310 g/mol. The van der Waals surface area contributed by atoms with Gasteiger partial charge < -0.3 is 30.0 Å². The van der Waals surface area contributed by atoms with Crippen LogP contribution in [0.3, 0.4) is 0 Å². The molecule has 8 heteroatoms. The molecule has 0 aromatic carbocycles. The Kier molecular flexibility index (Phi) is 3.64. The third-order valence-corrected chi connectivity index (χ3v) is 3.95. The Hall–Kier alpha value is -1.58. The fourth-order valence-electron chi connectivity index (χ4n) is 2.50. The second kappa shape index (κ2) is 5.32. The van der Waals surface area contributed by atoms with Gasteiger partial charge in [-0.2, -0.15) is 0 Å². The van der Waals surface area contributed by atoms with Crippen molar-refractivity contribution >= 4 is 23.3 Å². The van der Waals surface area contributed by atoms with E-state index in [1.807, 2.05) is 0 Å². The first-order valence-electron chi connectivity index (χ1n) is 6.40. The lowest BCUT2D eigenvalue weighted by Gasteiger charge is -2.15. The number of ether oxygens (including phenoxy) is 1. The lowest BCUT2D eigenvalue weighted by Crippen LogP contribution is -2.32. The van der Waals surface area contributed by atoms with Gasteiger partial charge in [-0.15, -0.1) is 0 Å². The van der Waals surface area contributed by atoms with E-state index < -0.39 is 31.0 Å². The molecule has 1 aliphatic heterocycles. The fourth-order valence-corrected chi connectivity index (χ4v) is 2.77. The van der Waals surface area contributed by atoms with E-state index in [1.165, 1.54) is 6.07 Å². The topological polar surface area (TPSA) is 119 Å². The number of aromatic amines is 2. The zero-order chi connectivity index (χ0) is 15.1. The zero-order valence-corrected chi connectivity index (χ0v) is 11.6. The van der Waals surface area contributed by atoms with Crippen molar-refractivity contribution in [3.05, 3.63) is 38.8 Å². The van der Waals surface area contributed by atoms with E-state index in [1.54, 1.807) is 12.1 Å². The van der Waals surface area contributed by atoms with Crippen molar-refractivity contribution in [3.63, 3.8) is 0 Å². The Morgan fingerprint density at radius 1 is 1.24 bits per heavy atom. The number of hydrogen-bond acceptors (Lipinski definition) is 6. The molecule has 3 heterocycles. The lowest BCUT2D eigenvalue weighted by molar-refractivity contribution is -0.0229. The number of aliphatic hydroxyl groups is 3. The second-order valence-corrected chi connectivity index (χ2v) is 5.37. The first kappa shape index (κ1) is 14.4. The van der Waals surface area contributed by atoms with Gasteiger partial charge in [-0.05, 0) is 12.1 Å². The summed E-state index contributed by atoms with van der Waals surface area (Å²) in [5, 5.41) is 29.7. The highest BCUT2D eigenvalue weighted by atomic mass is 32.1. The molecule has 1 fully saturated rings. The maximum Gasteiger partial charge on any atom is 0.249 e. The van der Waals surface area contributed by atoms with Crippen LogP contribution in [0.4, 0.5) is 0 Å². The van der Waals surface area contributed by atoms with Crippen LogP contribution in [0.25, 0.3) is 11.0 Å². The van der Waals surface area contributed by atoms with Crippen molar-refractivity contribution in [3.8, 4) is 0 Å². The van der Waals surface area contributed by atoms with E-state index >= 15 is 0 Å². The molecule has 0 spiro atoms. The largest absolute Gasteiger partial charge is 0.394 e. The summed E-state index contributed by atoms with van der Waals surface area (Å²) in [4.78, 5) is 16.8. The highest BCUT2D eigenvalue weighted by Gasteiger charge is 2.43. The van der Waals surface area contributed by atoms with Crippen LogP contribution in [0.15, 0.2) is 23.0 Å². The molecule has 3 rings (SSSR count). The summed E-state index contributed by atoms with van der Waals surface area (Å²) in [6.07, 6.45) is -4.05. The number of fused-ring (bicyclic) bond motifs is 1. The van der Waals surface area contributed by atoms with Crippen molar-refractivity contribution in [2.75, 3.05) is 6.61 Å². The zero-order valence-electron chi connectivity index (χ0n) is 10.8. The maximum absolute atomic E-state index is 11.3. The van der Waals surface area contributed by atoms with Crippen molar-refractivity contribution in [2.24, 2.45) is 0 Å². The Morgan fingerprint density at radius 2 is 2.00 bits per heavy atom. The Morgan fingerprint density at radius 3 is 2.67 bits per heavy atom. The van der Waals surface area contributed by atoms with Crippen molar-refractivity contribution in [2.45, 2.75) is 24.4 Å². The quantitative estimate of drug-likeness (QED) is 0.488. The average Bonchev–Trinajstić information content (AvgIpc) is 2.74. The van der Waals surface area contributed by atoms with Gasteiger partial charge in [0.05, 0.1) is 6.61 Å². The molecule has 0 radical (unpaired) electrons. The van der Waals surface area contributed by atoms with Gasteiger partial charge in [0, 0.05) is 17.0 Å². The molecule has 0 saturated carbocycles. The van der Waals surface area contributed by atoms with Gasteiger partial charge in [0.2, 0.25) is 5.56 Å². The molecule has 4 atom stereocenters. The van der Waals surface area contributed by atoms with Crippen molar-refractivity contribution in [1.29, 1.82) is 0 Å². The molecule has 0 bridgehead atoms. The van der Waals surface area contributed by atoms with Crippen LogP contribution in [0.2, 0.25) is 0 Å². The predicted molar refractivity (Wildman–Crippen MR) is 76.5 cm³/mol. The van der Waals surface area contributed by atoms with E-state index in [0.29, 0.717) is 21.2 Å². The predicted octanol–water partition coefficient (Wildman–Crippen LogP) is -0.260. The summed E-state index contributed by atoms with van der Waals surface area (Å²) < 4.78 is 5.76. The summed E-state index contributed by atoms with van der Waals surface area (Å²) in [5.41, 5.74) is 0.712. The van der Waals surface area contributed by atoms with Gasteiger partial charge >= 0.3 is 0 Å². The summed E-state index contributed by atoms with van der Waals surface area (Å²) in [7, 11) is 0. The summed E-state index contributed by atoms with van der Waals surface area (Å²) >= 11 is 5.21. The number of aromatic nitrogens is 2. The third kappa shape index (κ3) is 2.41. The van der Waals surface area contributed by atoms with Crippen LogP contribution in [-0.2, 0) is 4.74 Å². The maximum atomic E-state index is 11.3. The Balaban J connectivity index is 2.09. The second-order valence-electron chi connectivity index (χ2n) is 4.97. The smallest absolute Gasteiger partial charge is 0.249 e. The fraction of sp³-hybridized carbons (Fsp3) is 0.385. The van der Waals surface area contributed by atoms with E-state index in [0.717, 1.165) is 0 Å². The molecular formula is C13H14N2O5S. The van der Waals surface area contributed by atoms with Crippen LogP contribution < -0.4 is 5.56 Å². The van der Waals surface area contributed by atoms with Crippen molar-refractivity contribution in [1.82, 2.24) is 9.97 Å². The number of hydrogen-bond donors (Lipinski definition) is 5. The van der Waals surface area contributed by atoms with Gasteiger partial charge in [-0.25, -0.2) is 0 Å². The molecule has 1 saturated heterocycles. The molecule has 5 N–H and O–H groups in total. The summed E-state index contributed by atoms with van der Waals surface area (Å²) in [6.45, 7) is -0.397. The number of aliphatic hydroxyl groups excluding tert-OH is 3. The molecule has 0 amide bonds. The van der Waals surface area contributed by atoms with E-state index in [2.05, 4.69) is 9.97 Å². The summed E-state index contributed by atoms with van der Waals surface area (Å²) in [6, 6.07) is 4.68. The summed E-state index contributed by atoms with van der Waals surface area (Å²) in [5.74, 6) is 0. The third-order valence-electron chi connectivity index (χ3n) is 3.61. The molecule has 2 aromatic heterocycles. The van der Waals surface area contributed by atoms with Gasteiger partial charge in [-0.3, -0.25) is 4.79 Å². The van der Waals surface area contributed by atoms with E-state index in [4.69, 9.17) is 22.1 Å². The molecule has 7 nitrogen and oxygen atoms in total. The van der Waals surface area contributed by atoms with Gasteiger partial charge in [0.1, 0.15) is 34.7 Å². The molecule has 2 aromatic rings. The van der Waals surface area contributed by atoms with Gasteiger partial charge in [0.15, 0.2) is 0 Å². The molecule has 21 heavy (non-hydrogen) atoms. The normalized spacial score (nSPS) is 29.1. The van der Waals surface area contributed by atoms with Gasteiger partial charge in [0.25, 0.3) is 0 Å². The average molecular weight is 310 g/mol. The lowest BCUT2D eigenvalue weighted by atomic mass is 10.0. The molecule has 0 aliphatic carbocycles. The Labute approximate surface area is 123 Å². The minimum absolute atomic E-state index is 0.256. The highest BCUT2D eigenvalue weighted by molar-refractivity contribution is 7.71. The first-order valence-corrected chi connectivity index (χ1v) is 6.81. The molecule has 2 unspecified atom stereocenters. The van der Waals surface area contributed by atoms with Crippen LogP contribution in [0, 0.1) is 4.64 Å². The number of nitrogens with one attached hydrogen (secondary N) is 2. The molecule has 1 aliphatic rings. The number of pyridine rings is 2. The minimum Gasteiger partial charge on any atom is -0.394 e. The van der Waals surface area contributed by atoms with Crippen molar-refractivity contribution < 1.29 is 20.1 Å². The number of H-pyrrole nitrogens is 2. The van der Waals surface area contributed by atoms with Crippen LogP contribution in [0.5, 0.6) is 0 Å². The van der Waals surface area contributed by atoms with Crippen LogP contribution in [-0.4, -0.2) is 50.2 Å². The SMILES string of the molecule is O=c1ccc2cc([C@@H]3O[C@H](CO)C(O)C3O)c(=S)[nH]c2[nH]1. The van der Waals surface area contributed by atoms with Crippen LogP contribution in [0.1, 0.15) is 11.7 Å². The molecular weight excluding hydrogens is 296 g/mol. The standard InChI is InChI=1S/C13H14N2O5S/c16-4-7-9(18)10(19)11(20-7)6-3-5-1-2-8(17)14-12(5)15-13(6)21/h1-3,7,9-11,16,18-19H,4H2,(H2,14,15,17,21)/t7-,9?,10?,11+/m1/s1. The van der Waals surface area contributed by atoms with Gasteiger partial charge in [-0.1, -0.05) is 12.2 Å². The minimum atomic E-state index is -1.18. The first-order chi connectivity index (χ1) is 10.0. The molecule has 112 valence electrons. The van der Waals surface area contributed by atoms with Crippen LogP contribution >= 0.6 is 12.2 Å². The Bertz CT molecular complexity index is 786. The highest BCUT2D eigenvalue weighted by Crippen LogP contribution is 2.34. The van der Waals surface area contributed by atoms with E-state index in [9.17, 15) is 15.0 Å². The van der Waals surface area contributed by atoms with E-state index in [-0.39, 0.29) is 5.56 Å².